The minimum Gasteiger partial charge on any atom is -0.478 e. The zero-order valence-electron chi connectivity index (χ0n) is 10.8. The summed E-state index contributed by atoms with van der Waals surface area (Å²) in [5.74, 6) is -0.875. The molecule has 0 heterocycles. The predicted molar refractivity (Wildman–Crippen MR) is 73.0 cm³/mol. The molecule has 92 valence electrons. The highest BCUT2D eigenvalue weighted by Gasteiger charge is 2.08. The van der Waals surface area contributed by atoms with E-state index in [1.807, 2.05) is 19.1 Å². The SMILES string of the molecule is Cc1cc(C)cc(-c2ccc(C(=O)O)c(C)c2)c1. The summed E-state index contributed by atoms with van der Waals surface area (Å²) >= 11 is 0. The molecule has 0 unspecified atom stereocenters. The number of carbonyl (C=O) groups is 1. The third-order valence-electron chi connectivity index (χ3n) is 3.01. The average molecular weight is 240 g/mol. The summed E-state index contributed by atoms with van der Waals surface area (Å²) in [5, 5.41) is 9.02. The molecule has 0 atom stereocenters. The van der Waals surface area contributed by atoms with E-state index in [9.17, 15) is 4.79 Å². The molecule has 0 saturated carbocycles. The van der Waals surface area contributed by atoms with Crippen LogP contribution in [0.2, 0.25) is 0 Å². The summed E-state index contributed by atoms with van der Waals surface area (Å²) in [7, 11) is 0. The molecule has 2 aromatic carbocycles. The number of aromatic carboxylic acids is 1. The first-order valence-electron chi connectivity index (χ1n) is 5.90. The van der Waals surface area contributed by atoms with Crippen molar-refractivity contribution in [2.75, 3.05) is 0 Å². The Hall–Kier alpha value is -2.09. The fourth-order valence-corrected chi connectivity index (χ4v) is 2.22. The standard InChI is InChI=1S/C16H16O2/c1-10-6-11(2)8-14(7-10)13-4-5-15(16(17)18)12(3)9-13/h4-9H,1-3H3,(H,17,18). The molecular formula is C16H16O2. The van der Waals surface area contributed by atoms with Gasteiger partial charge in [0, 0.05) is 0 Å². The predicted octanol–water partition coefficient (Wildman–Crippen LogP) is 3.98. The van der Waals surface area contributed by atoms with Crippen molar-refractivity contribution in [1.29, 1.82) is 0 Å². The Morgan fingerprint density at radius 1 is 0.889 bits per heavy atom. The minimum atomic E-state index is -0.875. The lowest BCUT2D eigenvalue weighted by atomic mass is 9.97. The Morgan fingerprint density at radius 2 is 1.50 bits per heavy atom. The molecule has 0 saturated heterocycles. The Balaban J connectivity index is 2.52. The number of hydrogen-bond acceptors (Lipinski definition) is 1. The maximum absolute atomic E-state index is 11.0. The molecule has 0 aliphatic heterocycles. The van der Waals surface area contributed by atoms with Crippen LogP contribution in [0.15, 0.2) is 36.4 Å². The van der Waals surface area contributed by atoms with Crippen molar-refractivity contribution in [1.82, 2.24) is 0 Å². The van der Waals surface area contributed by atoms with E-state index >= 15 is 0 Å². The van der Waals surface area contributed by atoms with Gasteiger partial charge in [0.15, 0.2) is 0 Å². The first-order chi connectivity index (χ1) is 8.47. The topological polar surface area (TPSA) is 37.3 Å². The zero-order chi connectivity index (χ0) is 13.3. The quantitative estimate of drug-likeness (QED) is 0.862. The molecule has 2 heteroatoms. The molecule has 0 radical (unpaired) electrons. The maximum Gasteiger partial charge on any atom is 0.335 e. The van der Waals surface area contributed by atoms with Crippen LogP contribution in [0, 0.1) is 20.8 Å². The van der Waals surface area contributed by atoms with E-state index in [2.05, 4.69) is 32.0 Å². The van der Waals surface area contributed by atoms with Gasteiger partial charge in [0.05, 0.1) is 5.56 Å². The molecule has 2 nitrogen and oxygen atoms in total. The lowest BCUT2D eigenvalue weighted by Crippen LogP contribution is -1.99. The third-order valence-corrected chi connectivity index (χ3v) is 3.01. The zero-order valence-corrected chi connectivity index (χ0v) is 10.8. The number of aryl methyl sites for hydroxylation is 3. The first kappa shape index (κ1) is 12.4. The molecule has 0 fully saturated rings. The number of carboxylic acid groups (broad SMARTS) is 1. The molecule has 0 aliphatic carbocycles. The van der Waals surface area contributed by atoms with Crippen molar-refractivity contribution in [2.45, 2.75) is 20.8 Å². The molecule has 0 amide bonds. The summed E-state index contributed by atoms with van der Waals surface area (Å²) in [5.41, 5.74) is 5.77. The second kappa shape index (κ2) is 4.65. The van der Waals surface area contributed by atoms with Crippen LogP contribution in [0.3, 0.4) is 0 Å². The third kappa shape index (κ3) is 2.43. The molecule has 0 bridgehead atoms. The lowest BCUT2D eigenvalue weighted by Gasteiger charge is -2.08. The molecule has 1 N–H and O–H groups in total. The van der Waals surface area contributed by atoms with Crippen LogP contribution < -0.4 is 0 Å². The van der Waals surface area contributed by atoms with Gasteiger partial charge in [0.1, 0.15) is 0 Å². The molecule has 0 aliphatic rings. The molecular weight excluding hydrogens is 224 g/mol. The van der Waals surface area contributed by atoms with Crippen LogP contribution in [0.4, 0.5) is 0 Å². The van der Waals surface area contributed by atoms with Crippen molar-refractivity contribution >= 4 is 5.97 Å². The largest absolute Gasteiger partial charge is 0.478 e. The second-order valence-electron chi connectivity index (χ2n) is 4.71. The Morgan fingerprint density at radius 3 is 2.00 bits per heavy atom. The Bertz CT molecular complexity index is 592. The first-order valence-corrected chi connectivity index (χ1v) is 5.90. The molecule has 2 aromatic rings. The van der Waals surface area contributed by atoms with Crippen LogP contribution in [0.5, 0.6) is 0 Å². The minimum absolute atomic E-state index is 0.364. The van der Waals surface area contributed by atoms with E-state index in [0.29, 0.717) is 5.56 Å². The van der Waals surface area contributed by atoms with Gasteiger partial charge in [-0.3, -0.25) is 0 Å². The Kier molecular flexibility index (Phi) is 3.19. The van der Waals surface area contributed by atoms with Gasteiger partial charge in [-0.15, -0.1) is 0 Å². The van der Waals surface area contributed by atoms with Gasteiger partial charge < -0.3 is 5.11 Å². The lowest BCUT2D eigenvalue weighted by molar-refractivity contribution is 0.0696. The van der Waals surface area contributed by atoms with Crippen LogP contribution in [0.25, 0.3) is 11.1 Å². The summed E-state index contributed by atoms with van der Waals surface area (Å²) < 4.78 is 0. The van der Waals surface area contributed by atoms with E-state index in [4.69, 9.17) is 5.11 Å². The average Bonchev–Trinajstić information content (AvgIpc) is 2.26. The highest BCUT2D eigenvalue weighted by Crippen LogP contribution is 2.24. The summed E-state index contributed by atoms with van der Waals surface area (Å²) in [6.07, 6.45) is 0. The highest BCUT2D eigenvalue weighted by atomic mass is 16.4. The van der Waals surface area contributed by atoms with E-state index < -0.39 is 5.97 Å². The van der Waals surface area contributed by atoms with Gasteiger partial charge in [-0.25, -0.2) is 4.79 Å². The van der Waals surface area contributed by atoms with Crippen LogP contribution in [-0.2, 0) is 0 Å². The summed E-state index contributed by atoms with van der Waals surface area (Å²) in [6.45, 7) is 5.96. The van der Waals surface area contributed by atoms with Crippen LogP contribution in [0.1, 0.15) is 27.0 Å². The van der Waals surface area contributed by atoms with E-state index in [-0.39, 0.29) is 0 Å². The molecule has 0 spiro atoms. The Labute approximate surface area is 107 Å². The number of carboxylic acids is 1. The normalized spacial score (nSPS) is 10.4. The maximum atomic E-state index is 11.0. The summed E-state index contributed by atoms with van der Waals surface area (Å²) in [4.78, 5) is 11.0. The van der Waals surface area contributed by atoms with Gasteiger partial charge >= 0.3 is 5.97 Å². The monoisotopic (exact) mass is 240 g/mol. The van der Waals surface area contributed by atoms with E-state index in [0.717, 1.165) is 16.7 Å². The second-order valence-corrected chi connectivity index (χ2v) is 4.71. The molecule has 2 rings (SSSR count). The molecule has 18 heavy (non-hydrogen) atoms. The van der Waals surface area contributed by atoms with Gasteiger partial charge in [-0.05, 0) is 43.5 Å². The van der Waals surface area contributed by atoms with Crippen LogP contribution >= 0.6 is 0 Å². The number of hydrogen-bond donors (Lipinski definition) is 1. The van der Waals surface area contributed by atoms with Gasteiger partial charge in [0.2, 0.25) is 0 Å². The highest BCUT2D eigenvalue weighted by molar-refractivity contribution is 5.90. The van der Waals surface area contributed by atoms with Crippen molar-refractivity contribution in [3.8, 4) is 11.1 Å². The fourth-order valence-electron chi connectivity index (χ4n) is 2.22. The van der Waals surface area contributed by atoms with E-state index in [1.165, 1.54) is 11.1 Å². The van der Waals surface area contributed by atoms with Gasteiger partial charge in [-0.1, -0.05) is 41.5 Å². The fraction of sp³-hybridized carbons (Fsp3) is 0.188. The van der Waals surface area contributed by atoms with Crippen molar-refractivity contribution in [2.24, 2.45) is 0 Å². The smallest absolute Gasteiger partial charge is 0.335 e. The van der Waals surface area contributed by atoms with E-state index in [1.54, 1.807) is 6.07 Å². The van der Waals surface area contributed by atoms with Gasteiger partial charge in [0.25, 0.3) is 0 Å². The number of rotatable bonds is 2. The van der Waals surface area contributed by atoms with Crippen molar-refractivity contribution in [3.05, 3.63) is 58.7 Å². The van der Waals surface area contributed by atoms with Crippen molar-refractivity contribution in [3.63, 3.8) is 0 Å². The van der Waals surface area contributed by atoms with Gasteiger partial charge in [-0.2, -0.15) is 0 Å². The molecule has 0 aromatic heterocycles. The van der Waals surface area contributed by atoms with Crippen molar-refractivity contribution < 1.29 is 9.90 Å². The summed E-state index contributed by atoms with van der Waals surface area (Å²) in [6, 6.07) is 11.8. The van der Waals surface area contributed by atoms with Crippen LogP contribution in [-0.4, -0.2) is 11.1 Å². The number of benzene rings is 2.